The maximum Gasteiger partial charge on any atom is 0.369 e. The molecule has 1 amide bonds. The first-order chi connectivity index (χ1) is 18.0. The molecule has 6 rings (SSSR count). The molecular formula is C29H32BFN4O2S. The molecule has 4 aromatic rings. The van der Waals surface area contributed by atoms with Crippen molar-refractivity contribution >= 4 is 29.8 Å². The van der Waals surface area contributed by atoms with E-state index in [0.717, 1.165) is 12.1 Å². The van der Waals surface area contributed by atoms with E-state index in [4.69, 9.17) is 4.65 Å². The molecule has 1 aromatic carbocycles. The van der Waals surface area contributed by atoms with E-state index in [2.05, 4.69) is 56.1 Å². The van der Waals surface area contributed by atoms with Gasteiger partial charge in [-0.3, -0.25) is 4.79 Å². The lowest BCUT2D eigenvalue weighted by molar-refractivity contribution is 0.0673. The van der Waals surface area contributed by atoms with Crippen LogP contribution in [0.2, 0.25) is 10.6 Å². The third-order valence-electron chi connectivity index (χ3n) is 8.98. The van der Waals surface area contributed by atoms with Crippen LogP contribution in [-0.2, 0) is 12.8 Å². The summed E-state index contributed by atoms with van der Waals surface area (Å²) in [6.07, 6.45) is 1.52. The second-order valence-corrected chi connectivity index (χ2v) is 12.6. The summed E-state index contributed by atoms with van der Waals surface area (Å²) < 4.78 is 23.1. The highest BCUT2D eigenvalue weighted by Gasteiger charge is 2.72. The van der Waals surface area contributed by atoms with Gasteiger partial charge < -0.3 is 9.55 Å². The van der Waals surface area contributed by atoms with E-state index in [1.54, 1.807) is 34.1 Å². The monoisotopic (exact) mass is 530 g/mol. The van der Waals surface area contributed by atoms with Crippen LogP contribution in [0.15, 0.2) is 41.8 Å². The number of rotatable bonds is 5. The van der Waals surface area contributed by atoms with Gasteiger partial charge in [0.1, 0.15) is 17.3 Å². The molecule has 0 saturated carbocycles. The number of hydrogen-bond donors (Lipinski definition) is 0. The zero-order valence-electron chi connectivity index (χ0n) is 22.7. The van der Waals surface area contributed by atoms with Gasteiger partial charge in [0.05, 0.1) is 11.7 Å². The molecule has 0 spiro atoms. The third kappa shape index (κ3) is 3.77. The van der Waals surface area contributed by atoms with E-state index in [0.29, 0.717) is 41.3 Å². The number of thiophene rings is 1. The molecule has 1 saturated heterocycles. The second-order valence-electron chi connectivity index (χ2n) is 11.6. The average Bonchev–Trinajstić information content (AvgIpc) is 3.38. The predicted molar refractivity (Wildman–Crippen MR) is 150 cm³/mol. The maximum atomic E-state index is 15.3. The lowest BCUT2D eigenvalue weighted by Crippen LogP contribution is -2.38. The minimum Gasteiger partial charge on any atom is -0.559 e. The maximum absolute atomic E-state index is 15.3. The molecule has 6 nitrogen and oxygen atoms in total. The number of nitrogens with zero attached hydrogens (tertiary/aromatic N) is 4. The van der Waals surface area contributed by atoms with Crippen LogP contribution in [0.3, 0.4) is 0 Å². The molecule has 0 radical (unpaired) electrons. The van der Waals surface area contributed by atoms with Crippen LogP contribution in [-0.4, -0.2) is 38.9 Å². The third-order valence-corrected chi connectivity index (χ3v) is 9.98. The van der Waals surface area contributed by atoms with Gasteiger partial charge in [0, 0.05) is 34.8 Å². The van der Waals surface area contributed by atoms with Crippen molar-refractivity contribution in [2.75, 3.05) is 6.54 Å². The number of carbonyl (C=O) groups excluding carboxylic acids is 1. The molecule has 1 unspecified atom stereocenters. The minimum absolute atomic E-state index is 0.00249. The number of carbonyl (C=O) groups is 1. The summed E-state index contributed by atoms with van der Waals surface area (Å²) in [6, 6.07) is 10.6. The molecule has 1 atom stereocenters. The highest BCUT2D eigenvalue weighted by Crippen LogP contribution is 2.73. The Bertz CT molecular complexity index is 1560. The molecule has 5 heterocycles. The topological polar surface area (TPSA) is 59.7 Å². The van der Waals surface area contributed by atoms with Crippen molar-refractivity contribution in [3.8, 4) is 17.0 Å². The molecule has 38 heavy (non-hydrogen) atoms. The molecule has 3 aromatic heterocycles. The van der Waals surface area contributed by atoms with Gasteiger partial charge in [0.2, 0.25) is 0 Å². The van der Waals surface area contributed by atoms with Crippen LogP contribution in [0.4, 0.5) is 4.39 Å². The van der Waals surface area contributed by atoms with Gasteiger partial charge in [0.25, 0.3) is 5.91 Å². The van der Waals surface area contributed by atoms with Crippen LogP contribution in [0.5, 0.6) is 5.75 Å². The fourth-order valence-corrected chi connectivity index (χ4v) is 6.77. The van der Waals surface area contributed by atoms with Crippen LogP contribution in [0.25, 0.3) is 16.9 Å². The van der Waals surface area contributed by atoms with Gasteiger partial charge in [-0.05, 0) is 65.6 Å². The first kappa shape index (κ1) is 25.1. The molecular weight excluding hydrogens is 498 g/mol. The zero-order chi connectivity index (χ0) is 27.0. The zero-order valence-corrected chi connectivity index (χ0v) is 23.5. The van der Waals surface area contributed by atoms with E-state index in [9.17, 15) is 4.79 Å². The van der Waals surface area contributed by atoms with Gasteiger partial charge in [-0.25, -0.2) is 13.9 Å². The number of halogens is 1. The van der Waals surface area contributed by atoms with Gasteiger partial charge in [0.15, 0.2) is 5.65 Å². The largest absolute Gasteiger partial charge is 0.559 e. The summed E-state index contributed by atoms with van der Waals surface area (Å²) in [5, 5.41) is 6.84. The van der Waals surface area contributed by atoms with E-state index in [1.165, 1.54) is 16.5 Å². The van der Waals surface area contributed by atoms with Gasteiger partial charge >= 0.3 is 6.92 Å². The van der Waals surface area contributed by atoms with Crippen molar-refractivity contribution in [2.45, 2.75) is 71.1 Å². The van der Waals surface area contributed by atoms with Crippen molar-refractivity contribution in [3.05, 3.63) is 69.4 Å². The Morgan fingerprint density at radius 1 is 1.18 bits per heavy atom. The van der Waals surface area contributed by atoms with Gasteiger partial charge in [-0.1, -0.05) is 34.6 Å². The molecule has 0 bridgehead atoms. The standard InChI is InChI=1S/C29H32BFN4O2S/c1-7-18-14-24(27(36)34-12-10-25-20(17(34)2)11-13-38-25)32-26-16-23(33-35(18)26)21-9-8-19(15-22(21)31)37-30-28(3,4)29(30,5)6/h8-9,11,13-17H,7,10,12H2,1-6H3. The SMILES string of the molecule is CCc1cc(C(=O)N2CCc3sccc3C2C)nc2cc(-c3ccc(OB4C(C)(C)C4(C)C)cc3F)nn12. The van der Waals surface area contributed by atoms with Gasteiger partial charge in [-0.2, -0.15) is 5.10 Å². The summed E-state index contributed by atoms with van der Waals surface area (Å²) in [7, 11) is 0. The van der Waals surface area contributed by atoms with Crippen LogP contribution >= 0.6 is 11.3 Å². The number of fused-ring (bicyclic) bond motifs is 2. The average molecular weight is 530 g/mol. The fourth-order valence-electron chi connectivity index (χ4n) is 5.81. The highest BCUT2D eigenvalue weighted by atomic mass is 32.1. The summed E-state index contributed by atoms with van der Waals surface area (Å²) in [5.41, 5.74) is 3.85. The van der Waals surface area contributed by atoms with Crippen LogP contribution in [0, 0.1) is 5.82 Å². The Hall–Kier alpha value is -3.20. The summed E-state index contributed by atoms with van der Waals surface area (Å²) in [4.78, 5) is 21.5. The lowest BCUT2D eigenvalue weighted by atomic mass is 9.78. The van der Waals surface area contributed by atoms with Crippen molar-refractivity contribution in [2.24, 2.45) is 0 Å². The number of aromatic nitrogens is 3. The molecule has 0 aliphatic carbocycles. The Morgan fingerprint density at radius 2 is 1.95 bits per heavy atom. The molecule has 2 aliphatic heterocycles. The summed E-state index contributed by atoms with van der Waals surface area (Å²) in [6.45, 7) is 13.5. The lowest BCUT2D eigenvalue weighted by Gasteiger charge is -2.33. The Labute approximate surface area is 227 Å². The normalized spacial score (nSPS) is 19.5. The fraction of sp³-hybridized carbons (Fsp3) is 0.414. The number of aryl methyl sites for hydroxylation is 1. The van der Waals surface area contributed by atoms with E-state index < -0.39 is 5.82 Å². The van der Waals surface area contributed by atoms with Crippen molar-refractivity contribution in [1.82, 2.24) is 19.5 Å². The minimum atomic E-state index is -0.398. The van der Waals surface area contributed by atoms with Crippen molar-refractivity contribution in [1.29, 1.82) is 0 Å². The van der Waals surface area contributed by atoms with Crippen LogP contribution in [0.1, 0.15) is 74.2 Å². The van der Waals surface area contributed by atoms with Crippen LogP contribution < -0.4 is 4.65 Å². The van der Waals surface area contributed by atoms with Crippen molar-refractivity contribution < 1.29 is 13.8 Å². The second kappa shape index (κ2) is 8.66. The molecule has 1 fully saturated rings. The Kier molecular flexibility index (Phi) is 5.72. The Balaban J connectivity index is 1.30. The predicted octanol–water partition coefficient (Wildman–Crippen LogP) is 6.86. The first-order valence-electron chi connectivity index (χ1n) is 13.3. The summed E-state index contributed by atoms with van der Waals surface area (Å²) in [5.74, 6) is 0.0292. The highest BCUT2D eigenvalue weighted by molar-refractivity contribution is 7.10. The quantitative estimate of drug-likeness (QED) is 0.265. The Morgan fingerprint density at radius 3 is 2.63 bits per heavy atom. The van der Waals surface area contributed by atoms with Crippen molar-refractivity contribution in [3.63, 3.8) is 0 Å². The van der Waals surface area contributed by atoms with E-state index in [1.807, 2.05) is 17.9 Å². The number of amides is 1. The molecule has 0 N–H and O–H groups in total. The molecule has 2 aliphatic rings. The molecule has 9 heteroatoms. The summed E-state index contributed by atoms with van der Waals surface area (Å²) >= 11 is 1.75. The number of hydrogen-bond acceptors (Lipinski definition) is 5. The van der Waals surface area contributed by atoms with E-state index >= 15 is 4.39 Å². The van der Waals surface area contributed by atoms with E-state index in [-0.39, 0.29) is 29.5 Å². The molecule has 196 valence electrons. The van der Waals surface area contributed by atoms with Gasteiger partial charge in [-0.15, -0.1) is 11.3 Å². The number of benzene rings is 1. The smallest absolute Gasteiger partial charge is 0.369 e. The first-order valence-corrected chi connectivity index (χ1v) is 14.1.